The van der Waals surface area contributed by atoms with Crippen molar-refractivity contribution in [3.63, 3.8) is 0 Å². The molecule has 3 aliphatic rings. The maximum absolute atomic E-state index is 9.96. The van der Waals surface area contributed by atoms with Gasteiger partial charge in [-0.15, -0.1) is 0 Å². The van der Waals surface area contributed by atoms with Gasteiger partial charge < -0.3 is 20.3 Å². The SMILES string of the molecule is COc1ccc2c3c1O[C@H]1C[C@@H](O)C=C[C@@]31CC[C@@H](N)C2. The molecule has 4 rings (SSSR count). The monoisotopic (exact) mass is 287 g/mol. The van der Waals surface area contributed by atoms with E-state index >= 15 is 0 Å². The fourth-order valence-electron chi connectivity index (χ4n) is 4.18. The van der Waals surface area contributed by atoms with Gasteiger partial charge in [0.05, 0.1) is 18.6 Å². The number of aliphatic hydroxyl groups excluding tert-OH is 1. The highest BCUT2D eigenvalue weighted by molar-refractivity contribution is 5.61. The summed E-state index contributed by atoms with van der Waals surface area (Å²) in [7, 11) is 1.67. The molecule has 0 saturated carbocycles. The number of benzene rings is 1. The van der Waals surface area contributed by atoms with Crippen LogP contribution in [-0.2, 0) is 11.8 Å². The first-order chi connectivity index (χ1) is 10.1. The summed E-state index contributed by atoms with van der Waals surface area (Å²) in [5.74, 6) is 1.63. The van der Waals surface area contributed by atoms with Crippen LogP contribution in [0.1, 0.15) is 30.4 Å². The lowest BCUT2D eigenvalue weighted by atomic mass is 9.69. The van der Waals surface area contributed by atoms with Gasteiger partial charge in [-0.2, -0.15) is 0 Å². The molecule has 2 aliphatic carbocycles. The van der Waals surface area contributed by atoms with Gasteiger partial charge >= 0.3 is 0 Å². The van der Waals surface area contributed by atoms with Crippen molar-refractivity contribution >= 4 is 0 Å². The van der Waals surface area contributed by atoms with Crippen molar-refractivity contribution in [2.24, 2.45) is 5.73 Å². The summed E-state index contributed by atoms with van der Waals surface area (Å²) in [5, 5.41) is 9.96. The molecule has 1 spiro atoms. The first-order valence-corrected chi connectivity index (χ1v) is 7.64. The summed E-state index contributed by atoms with van der Waals surface area (Å²) in [4.78, 5) is 0. The predicted molar refractivity (Wildman–Crippen MR) is 79.8 cm³/mol. The zero-order chi connectivity index (χ0) is 14.6. The smallest absolute Gasteiger partial charge is 0.166 e. The van der Waals surface area contributed by atoms with Gasteiger partial charge in [0.2, 0.25) is 0 Å². The van der Waals surface area contributed by atoms with E-state index in [2.05, 4.69) is 12.1 Å². The van der Waals surface area contributed by atoms with Gasteiger partial charge in [-0.3, -0.25) is 0 Å². The van der Waals surface area contributed by atoms with Crippen molar-refractivity contribution in [3.05, 3.63) is 35.4 Å². The molecule has 1 aliphatic heterocycles. The Labute approximate surface area is 124 Å². The van der Waals surface area contributed by atoms with Crippen molar-refractivity contribution in [2.45, 2.75) is 49.3 Å². The summed E-state index contributed by atoms with van der Waals surface area (Å²) in [6, 6.07) is 4.27. The van der Waals surface area contributed by atoms with Crippen LogP contribution < -0.4 is 15.2 Å². The number of methoxy groups -OCH3 is 1. The molecule has 0 bridgehead atoms. The van der Waals surface area contributed by atoms with Crippen molar-refractivity contribution < 1.29 is 14.6 Å². The van der Waals surface area contributed by atoms with Crippen molar-refractivity contribution in [1.29, 1.82) is 0 Å². The van der Waals surface area contributed by atoms with Crippen molar-refractivity contribution in [3.8, 4) is 11.5 Å². The van der Waals surface area contributed by atoms with Gasteiger partial charge in [-0.25, -0.2) is 0 Å². The van der Waals surface area contributed by atoms with Crippen LogP contribution in [0, 0.1) is 0 Å². The lowest BCUT2D eigenvalue weighted by Gasteiger charge is -2.35. The molecule has 4 nitrogen and oxygen atoms in total. The van der Waals surface area contributed by atoms with Crippen LogP contribution in [-0.4, -0.2) is 30.5 Å². The number of nitrogens with two attached hydrogens (primary N) is 1. The van der Waals surface area contributed by atoms with E-state index in [1.54, 1.807) is 7.11 Å². The summed E-state index contributed by atoms with van der Waals surface area (Å²) >= 11 is 0. The third kappa shape index (κ3) is 1.75. The maximum atomic E-state index is 9.96. The Balaban J connectivity index is 1.95. The molecule has 0 saturated heterocycles. The second kappa shape index (κ2) is 4.49. The highest BCUT2D eigenvalue weighted by Crippen LogP contribution is 2.56. The second-order valence-corrected chi connectivity index (χ2v) is 6.44. The molecule has 4 heteroatoms. The number of rotatable bonds is 1. The fourth-order valence-corrected chi connectivity index (χ4v) is 4.18. The Morgan fingerprint density at radius 1 is 1.43 bits per heavy atom. The number of aliphatic hydroxyl groups is 1. The zero-order valence-corrected chi connectivity index (χ0v) is 12.2. The van der Waals surface area contributed by atoms with E-state index in [0.29, 0.717) is 6.42 Å². The summed E-state index contributed by atoms with van der Waals surface area (Å²) < 4.78 is 11.7. The molecule has 0 fully saturated rings. The zero-order valence-electron chi connectivity index (χ0n) is 12.2. The van der Waals surface area contributed by atoms with Gasteiger partial charge in [-0.1, -0.05) is 18.2 Å². The lowest BCUT2D eigenvalue weighted by Crippen LogP contribution is -2.42. The average molecular weight is 287 g/mol. The van der Waals surface area contributed by atoms with E-state index in [1.165, 1.54) is 11.1 Å². The van der Waals surface area contributed by atoms with Crippen LogP contribution in [0.15, 0.2) is 24.3 Å². The molecule has 1 aromatic carbocycles. The molecular weight excluding hydrogens is 266 g/mol. The third-order valence-corrected chi connectivity index (χ3v) is 5.21. The third-order valence-electron chi connectivity index (χ3n) is 5.21. The van der Waals surface area contributed by atoms with Crippen LogP contribution in [0.5, 0.6) is 11.5 Å². The fraction of sp³-hybridized carbons (Fsp3) is 0.529. The van der Waals surface area contributed by atoms with Gasteiger partial charge in [0.25, 0.3) is 0 Å². The molecule has 0 amide bonds. The molecule has 0 aromatic heterocycles. The van der Waals surface area contributed by atoms with Gasteiger partial charge in [0.1, 0.15) is 6.10 Å². The van der Waals surface area contributed by atoms with Crippen LogP contribution >= 0.6 is 0 Å². The topological polar surface area (TPSA) is 64.7 Å². The van der Waals surface area contributed by atoms with E-state index in [4.69, 9.17) is 15.2 Å². The Hall–Kier alpha value is -1.52. The molecular formula is C17H21NO3. The van der Waals surface area contributed by atoms with Crippen molar-refractivity contribution in [2.75, 3.05) is 7.11 Å². The predicted octanol–water partition coefficient (Wildman–Crippen LogP) is 1.68. The molecule has 4 atom stereocenters. The van der Waals surface area contributed by atoms with Crippen LogP contribution in [0.2, 0.25) is 0 Å². The Morgan fingerprint density at radius 2 is 2.29 bits per heavy atom. The van der Waals surface area contributed by atoms with E-state index in [-0.39, 0.29) is 17.6 Å². The van der Waals surface area contributed by atoms with Crippen molar-refractivity contribution in [1.82, 2.24) is 0 Å². The van der Waals surface area contributed by atoms with E-state index in [1.807, 2.05) is 12.1 Å². The normalized spacial score (nSPS) is 36.4. The van der Waals surface area contributed by atoms with Gasteiger partial charge in [-0.05, 0) is 30.9 Å². The molecule has 0 radical (unpaired) electrons. The average Bonchev–Trinajstić information content (AvgIpc) is 2.72. The molecule has 112 valence electrons. The van der Waals surface area contributed by atoms with Gasteiger partial charge in [0, 0.05) is 18.0 Å². The van der Waals surface area contributed by atoms with Crippen LogP contribution in [0.4, 0.5) is 0 Å². The molecule has 3 N–H and O–H groups in total. The van der Waals surface area contributed by atoms with Crippen LogP contribution in [0.3, 0.4) is 0 Å². The summed E-state index contributed by atoms with van der Waals surface area (Å²) in [6.07, 6.45) is 7.05. The number of ether oxygens (including phenoxy) is 2. The standard InChI is InChI=1S/C17H21NO3/c1-20-13-3-2-10-8-11(18)4-6-17-7-5-12(19)9-14(17)21-16(13)15(10)17/h2-3,5,7,11-12,14,19H,4,6,8-9,18H2,1H3/t11-,12+,14+,17-/m1/s1. The lowest BCUT2D eigenvalue weighted by molar-refractivity contribution is 0.0838. The minimum atomic E-state index is -0.429. The minimum absolute atomic E-state index is 0.0205. The summed E-state index contributed by atoms with van der Waals surface area (Å²) in [6.45, 7) is 0. The summed E-state index contributed by atoms with van der Waals surface area (Å²) in [5.41, 5.74) is 8.61. The minimum Gasteiger partial charge on any atom is -0.493 e. The largest absolute Gasteiger partial charge is 0.493 e. The maximum Gasteiger partial charge on any atom is 0.166 e. The Bertz CT molecular complexity index is 612. The van der Waals surface area contributed by atoms with Gasteiger partial charge in [0.15, 0.2) is 11.5 Å². The highest BCUT2D eigenvalue weighted by atomic mass is 16.5. The first-order valence-electron chi connectivity index (χ1n) is 7.64. The first kappa shape index (κ1) is 13.2. The molecule has 1 heterocycles. The quantitative estimate of drug-likeness (QED) is 0.771. The molecule has 21 heavy (non-hydrogen) atoms. The van der Waals surface area contributed by atoms with E-state index in [0.717, 1.165) is 30.8 Å². The van der Waals surface area contributed by atoms with E-state index < -0.39 is 6.10 Å². The highest BCUT2D eigenvalue weighted by Gasteiger charge is 2.52. The number of hydrogen-bond acceptors (Lipinski definition) is 4. The number of hydrogen-bond donors (Lipinski definition) is 2. The van der Waals surface area contributed by atoms with Crippen LogP contribution in [0.25, 0.3) is 0 Å². The molecule has 0 unspecified atom stereocenters. The Morgan fingerprint density at radius 3 is 3.10 bits per heavy atom. The molecule has 1 aromatic rings. The van der Waals surface area contributed by atoms with E-state index in [9.17, 15) is 5.11 Å². The Kier molecular flexibility index (Phi) is 2.81. The second-order valence-electron chi connectivity index (χ2n) is 6.44.